The number of nitrogens with two attached hydrogens (primary N) is 1. The number of hydrogen-bond acceptors (Lipinski definition) is 4. The molecule has 0 aromatic carbocycles. The fraction of sp³-hybridized carbons (Fsp3) is 0.143. The second-order valence-electron chi connectivity index (χ2n) is 2.63. The van der Waals surface area contributed by atoms with Gasteiger partial charge in [0.05, 0.1) is 12.3 Å². The van der Waals surface area contributed by atoms with Crippen molar-refractivity contribution < 1.29 is 5.11 Å². The van der Waals surface area contributed by atoms with Crippen LogP contribution < -0.4 is 11.3 Å². The van der Waals surface area contributed by atoms with Crippen molar-refractivity contribution in [1.82, 2.24) is 14.6 Å². The molecule has 68 valence electrons. The molecule has 0 spiro atoms. The summed E-state index contributed by atoms with van der Waals surface area (Å²) in [5.41, 5.74) is 6.15. The molecular formula is C7H8N4O2. The van der Waals surface area contributed by atoms with Gasteiger partial charge in [0.15, 0.2) is 0 Å². The number of H-pyrrole nitrogens is 1. The Morgan fingerprint density at radius 2 is 2.46 bits per heavy atom. The lowest BCUT2D eigenvalue weighted by atomic mass is 10.3. The number of nitrogens with one attached hydrogen (secondary N) is 1. The van der Waals surface area contributed by atoms with Crippen molar-refractivity contribution in [3.63, 3.8) is 0 Å². The summed E-state index contributed by atoms with van der Waals surface area (Å²) in [7, 11) is 0. The molecule has 0 atom stereocenters. The van der Waals surface area contributed by atoms with Crippen molar-refractivity contribution in [3.05, 3.63) is 28.2 Å². The highest BCUT2D eigenvalue weighted by atomic mass is 16.3. The van der Waals surface area contributed by atoms with Gasteiger partial charge in [-0.3, -0.25) is 4.79 Å². The maximum Gasteiger partial charge on any atom is 0.254 e. The van der Waals surface area contributed by atoms with Gasteiger partial charge in [-0.05, 0) is 0 Å². The van der Waals surface area contributed by atoms with Gasteiger partial charge in [0, 0.05) is 12.1 Å². The molecule has 2 aromatic rings. The number of rotatable bonds is 1. The van der Waals surface area contributed by atoms with Gasteiger partial charge in [0.25, 0.3) is 5.56 Å². The molecule has 4 N–H and O–H groups in total. The Balaban J connectivity index is 2.90. The van der Waals surface area contributed by atoms with Crippen LogP contribution in [0.25, 0.3) is 5.65 Å². The van der Waals surface area contributed by atoms with Gasteiger partial charge in [-0.25, -0.2) is 0 Å². The third kappa shape index (κ3) is 1.07. The molecule has 2 rings (SSSR count). The molecule has 0 fully saturated rings. The Morgan fingerprint density at radius 1 is 1.69 bits per heavy atom. The van der Waals surface area contributed by atoms with Gasteiger partial charge < -0.3 is 15.8 Å². The molecule has 0 bridgehead atoms. The summed E-state index contributed by atoms with van der Waals surface area (Å²) in [6.07, 6.45) is 1.50. The van der Waals surface area contributed by atoms with E-state index in [9.17, 15) is 9.90 Å². The van der Waals surface area contributed by atoms with E-state index in [2.05, 4.69) is 10.1 Å². The molecule has 2 heterocycles. The quantitative estimate of drug-likeness (QED) is 0.534. The van der Waals surface area contributed by atoms with Crippen LogP contribution in [0, 0.1) is 0 Å². The minimum Gasteiger partial charge on any atom is -0.493 e. The fourth-order valence-corrected chi connectivity index (χ4v) is 1.17. The first-order valence-corrected chi connectivity index (χ1v) is 3.71. The molecule has 2 aromatic heterocycles. The zero-order valence-electron chi connectivity index (χ0n) is 6.69. The number of aromatic amines is 1. The molecule has 0 saturated heterocycles. The number of aromatic hydroxyl groups is 1. The standard InChI is InChI=1S/C7H8N4O2/c8-2-4-3-9-11-6(13)1-5(12)10-7(4)11/h1,3,13H,2,8H2,(H,10,12). The van der Waals surface area contributed by atoms with E-state index in [0.29, 0.717) is 11.2 Å². The van der Waals surface area contributed by atoms with Crippen molar-refractivity contribution in [2.24, 2.45) is 5.73 Å². The van der Waals surface area contributed by atoms with E-state index < -0.39 is 0 Å². The normalized spacial score (nSPS) is 10.8. The summed E-state index contributed by atoms with van der Waals surface area (Å²) in [5, 5.41) is 13.1. The number of hydrogen-bond donors (Lipinski definition) is 3. The first kappa shape index (κ1) is 7.81. The van der Waals surface area contributed by atoms with Crippen LogP contribution in [0.4, 0.5) is 0 Å². The Hall–Kier alpha value is -1.82. The fourth-order valence-electron chi connectivity index (χ4n) is 1.17. The van der Waals surface area contributed by atoms with Crippen LogP contribution >= 0.6 is 0 Å². The van der Waals surface area contributed by atoms with E-state index in [0.717, 1.165) is 6.07 Å². The van der Waals surface area contributed by atoms with Crippen molar-refractivity contribution in [1.29, 1.82) is 0 Å². The molecule has 0 aliphatic heterocycles. The summed E-state index contributed by atoms with van der Waals surface area (Å²) in [6.45, 7) is 0.267. The Morgan fingerprint density at radius 3 is 3.15 bits per heavy atom. The van der Waals surface area contributed by atoms with Gasteiger partial charge in [-0.15, -0.1) is 0 Å². The highest BCUT2D eigenvalue weighted by molar-refractivity contribution is 5.47. The lowest BCUT2D eigenvalue weighted by molar-refractivity contribution is 0.434. The van der Waals surface area contributed by atoms with E-state index in [1.807, 2.05) is 0 Å². The Bertz CT molecular complexity index is 499. The molecule has 13 heavy (non-hydrogen) atoms. The molecule has 0 saturated carbocycles. The molecular weight excluding hydrogens is 172 g/mol. The lowest BCUT2D eigenvalue weighted by Crippen LogP contribution is -2.08. The van der Waals surface area contributed by atoms with Crippen LogP contribution in [0.15, 0.2) is 17.1 Å². The van der Waals surface area contributed by atoms with Crippen LogP contribution in [0.2, 0.25) is 0 Å². The number of aromatic nitrogens is 3. The zero-order valence-corrected chi connectivity index (χ0v) is 6.69. The van der Waals surface area contributed by atoms with E-state index in [1.54, 1.807) is 0 Å². The highest BCUT2D eigenvalue weighted by Crippen LogP contribution is 2.10. The summed E-state index contributed by atoms with van der Waals surface area (Å²) in [5.74, 6) is -0.196. The molecule has 0 aliphatic rings. The average Bonchev–Trinajstić information content (AvgIpc) is 2.47. The first-order chi connectivity index (χ1) is 6.22. The van der Waals surface area contributed by atoms with Gasteiger partial charge >= 0.3 is 0 Å². The third-order valence-corrected chi connectivity index (χ3v) is 1.78. The van der Waals surface area contributed by atoms with Crippen LogP contribution in [0.5, 0.6) is 5.88 Å². The maximum absolute atomic E-state index is 11.0. The van der Waals surface area contributed by atoms with Crippen molar-refractivity contribution >= 4 is 5.65 Å². The SMILES string of the molecule is NCc1cnn2c(O)cc(=O)[nH]c12. The van der Waals surface area contributed by atoms with E-state index >= 15 is 0 Å². The smallest absolute Gasteiger partial charge is 0.254 e. The first-order valence-electron chi connectivity index (χ1n) is 3.71. The largest absolute Gasteiger partial charge is 0.493 e. The van der Waals surface area contributed by atoms with Gasteiger partial charge in [-0.1, -0.05) is 0 Å². The molecule has 0 aliphatic carbocycles. The van der Waals surface area contributed by atoms with Gasteiger partial charge in [0.1, 0.15) is 5.65 Å². The van der Waals surface area contributed by atoms with E-state index in [-0.39, 0.29) is 18.0 Å². The van der Waals surface area contributed by atoms with Crippen LogP contribution in [0.3, 0.4) is 0 Å². The van der Waals surface area contributed by atoms with E-state index in [1.165, 1.54) is 10.7 Å². The van der Waals surface area contributed by atoms with Crippen molar-refractivity contribution in [3.8, 4) is 5.88 Å². The molecule has 0 amide bonds. The second-order valence-corrected chi connectivity index (χ2v) is 2.63. The average molecular weight is 180 g/mol. The van der Waals surface area contributed by atoms with Crippen LogP contribution in [-0.4, -0.2) is 19.7 Å². The summed E-state index contributed by atoms with van der Waals surface area (Å²) in [6, 6.07) is 1.06. The molecule has 6 nitrogen and oxygen atoms in total. The summed E-state index contributed by atoms with van der Waals surface area (Å²) >= 11 is 0. The molecule has 0 unspecified atom stereocenters. The predicted octanol–water partition coefficient (Wildman–Crippen LogP) is -0.813. The topological polar surface area (TPSA) is 96.4 Å². The third-order valence-electron chi connectivity index (χ3n) is 1.78. The Labute approximate surface area is 72.6 Å². The summed E-state index contributed by atoms with van der Waals surface area (Å²) < 4.78 is 1.23. The number of fused-ring (bicyclic) bond motifs is 1. The molecule has 0 radical (unpaired) electrons. The monoisotopic (exact) mass is 180 g/mol. The van der Waals surface area contributed by atoms with Gasteiger partial charge in [-0.2, -0.15) is 9.61 Å². The van der Waals surface area contributed by atoms with Crippen LogP contribution in [0.1, 0.15) is 5.56 Å². The molecule has 6 heteroatoms. The lowest BCUT2D eigenvalue weighted by Gasteiger charge is -1.96. The second kappa shape index (κ2) is 2.60. The zero-order chi connectivity index (χ0) is 9.42. The summed E-state index contributed by atoms with van der Waals surface area (Å²) in [4.78, 5) is 13.5. The highest BCUT2D eigenvalue weighted by Gasteiger charge is 2.06. The van der Waals surface area contributed by atoms with Crippen molar-refractivity contribution in [2.75, 3.05) is 0 Å². The number of nitrogens with zero attached hydrogens (tertiary/aromatic N) is 2. The predicted molar refractivity (Wildman–Crippen MR) is 45.4 cm³/mol. The Kier molecular flexibility index (Phi) is 1.56. The van der Waals surface area contributed by atoms with Gasteiger partial charge in [0.2, 0.25) is 5.88 Å². The van der Waals surface area contributed by atoms with Crippen molar-refractivity contribution in [2.45, 2.75) is 6.54 Å². The minimum atomic E-state index is -0.375. The van der Waals surface area contributed by atoms with E-state index in [4.69, 9.17) is 5.73 Å². The maximum atomic E-state index is 11.0. The van der Waals surface area contributed by atoms with Crippen LogP contribution in [-0.2, 0) is 6.54 Å². The minimum absolute atomic E-state index is 0.196.